The SMILES string of the molecule is O=C(CN1CCC(CO)CC1)Nc1cccc(C(F)(F)F)c1. The Morgan fingerprint density at radius 3 is 2.59 bits per heavy atom. The number of halogens is 3. The zero-order valence-electron chi connectivity index (χ0n) is 12.1. The van der Waals surface area contributed by atoms with Gasteiger partial charge in [0.05, 0.1) is 12.1 Å². The van der Waals surface area contributed by atoms with E-state index >= 15 is 0 Å². The van der Waals surface area contributed by atoms with Crippen molar-refractivity contribution in [3.8, 4) is 0 Å². The minimum atomic E-state index is -4.42. The fourth-order valence-corrected chi connectivity index (χ4v) is 2.50. The number of nitrogens with zero attached hydrogens (tertiary/aromatic N) is 1. The minimum absolute atomic E-state index is 0.144. The van der Waals surface area contributed by atoms with Gasteiger partial charge < -0.3 is 10.4 Å². The van der Waals surface area contributed by atoms with Crippen molar-refractivity contribution in [1.29, 1.82) is 0 Å². The van der Waals surface area contributed by atoms with E-state index in [2.05, 4.69) is 5.32 Å². The Kier molecular flexibility index (Phi) is 5.42. The molecule has 1 aliphatic heterocycles. The molecule has 1 fully saturated rings. The van der Waals surface area contributed by atoms with Gasteiger partial charge in [-0.3, -0.25) is 9.69 Å². The molecule has 22 heavy (non-hydrogen) atoms. The van der Waals surface area contributed by atoms with E-state index in [9.17, 15) is 18.0 Å². The number of aliphatic hydroxyl groups excluding tert-OH is 1. The molecule has 7 heteroatoms. The van der Waals surface area contributed by atoms with Gasteiger partial charge in [-0.15, -0.1) is 0 Å². The molecule has 122 valence electrons. The molecule has 0 radical (unpaired) electrons. The van der Waals surface area contributed by atoms with Crippen molar-refractivity contribution in [1.82, 2.24) is 4.90 Å². The molecular weight excluding hydrogens is 297 g/mol. The normalized spacial score (nSPS) is 17.5. The second-order valence-electron chi connectivity index (χ2n) is 5.53. The third-order valence-electron chi connectivity index (χ3n) is 3.81. The highest BCUT2D eigenvalue weighted by Crippen LogP contribution is 2.30. The average Bonchev–Trinajstić information content (AvgIpc) is 2.47. The van der Waals surface area contributed by atoms with E-state index in [1.54, 1.807) is 0 Å². The van der Waals surface area contributed by atoms with Crippen LogP contribution in [0.1, 0.15) is 18.4 Å². The number of piperidine rings is 1. The van der Waals surface area contributed by atoms with Crippen molar-refractivity contribution in [2.75, 3.05) is 31.6 Å². The van der Waals surface area contributed by atoms with Gasteiger partial charge in [-0.1, -0.05) is 6.07 Å². The van der Waals surface area contributed by atoms with E-state index in [-0.39, 0.29) is 30.7 Å². The fourth-order valence-electron chi connectivity index (χ4n) is 2.50. The monoisotopic (exact) mass is 316 g/mol. The van der Waals surface area contributed by atoms with Crippen LogP contribution in [-0.4, -0.2) is 42.2 Å². The smallest absolute Gasteiger partial charge is 0.396 e. The summed E-state index contributed by atoms with van der Waals surface area (Å²) in [6, 6.07) is 4.60. The van der Waals surface area contributed by atoms with Crippen LogP contribution >= 0.6 is 0 Å². The molecule has 1 aromatic rings. The number of hydrogen-bond acceptors (Lipinski definition) is 3. The van der Waals surface area contributed by atoms with Crippen LogP contribution < -0.4 is 5.32 Å². The molecule has 0 saturated carbocycles. The van der Waals surface area contributed by atoms with E-state index in [1.165, 1.54) is 12.1 Å². The second-order valence-corrected chi connectivity index (χ2v) is 5.53. The third kappa shape index (κ3) is 4.71. The topological polar surface area (TPSA) is 52.6 Å². The maximum absolute atomic E-state index is 12.6. The zero-order chi connectivity index (χ0) is 16.2. The summed E-state index contributed by atoms with van der Waals surface area (Å²) in [6.45, 7) is 1.72. The first kappa shape index (κ1) is 16.8. The van der Waals surface area contributed by atoms with Crippen molar-refractivity contribution in [3.05, 3.63) is 29.8 Å². The van der Waals surface area contributed by atoms with Crippen LogP contribution in [0.5, 0.6) is 0 Å². The lowest BCUT2D eigenvalue weighted by Gasteiger charge is -2.30. The fraction of sp³-hybridized carbons (Fsp3) is 0.533. The van der Waals surface area contributed by atoms with Crippen molar-refractivity contribution in [3.63, 3.8) is 0 Å². The molecule has 0 aromatic heterocycles. The number of anilines is 1. The van der Waals surface area contributed by atoms with Crippen LogP contribution in [0, 0.1) is 5.92 Å². The molecule has 0 bridgehead atoms. The van der Waals surface area contributed by atoms with Gasteiger partial charge in [0, 0.05) is 12.3 Å². The lowest BCUT2D eigenvalue weighted by Crippen LogP contribution is -2.39. The Bertz CT molecular complexity index is 512. The number of alkyl halides is 3. The van der Waals surface area contributed by atoms with E-state index in [1.807, 2.05) is 4.90 Å². The first-order valence-electron chi connectivity index (χ1n) is 7.19. The van der Waals surface area contributed by atoms with Crippen molar-refractivity contribution in [2.24, 2.45) is 5.92 Å². The van der Waals surface area contributed by atoms with E-state index in [0.717, 1.165) is 25.0 Å². The number of rotatable bonds is 4. The summed E-state index contributed by atoms with van der Waals surface area (Å²) in [6.07, 6.45) is -2.77. The summed E-state index contributed by atoms with van der Waals surface area (Å²) >= 11 is 0. The highest BCUT2D eigenvalue weighted by molar-refractivity contribution is 5.92. The number of nitrogens with one attached hydrogen (secondary N) is 1. The van der Waals surface area contributed by atoms with Crippen molar-refractivity contribution < 1.29 is 23.1 Å². The molecule has 0 unspecified atom stereocenters. The summed E-state index contributed by atoms with van der Waals surface area (Å²) in [5.74, 6) is -0.0513. The number of likely N-dealkylation sites (tertiary alicyclic amines) is 1. The van der Waals surface area contributed by atoms with Crippen LogP contribution in [0.2, 0.25) is 0 Å². The molecule has 0 atom stereocenters. The largest absolute Gasteiger partial charge is 0.416 e. The van der Waals surface area contributed by atoms with Crippen LogP contribution in [0.3, 0.4) is 0 Å². The van der Waals surface area contributed by atoms with Crippen molar-refractivity contribution >= 4 is 11.6 Å². The molecule has 1 saturated heterocycles. The Balaban J connectivity index is 1.87. The molecule has 0 aliphatic carbocycles. The predicted molar refractivity (Wildman–Crippen MR) is 76.3 cm³/mol. The summed E-state index contributed by atoms with van der Waals surface area (Å²) < 4.78 is 37.8. The summed E-state index contributed by atoms with van der Waals surface area (Å²) in [4.78, 5) is 13.8. The van der Waals surface area contributed by atoms with Gasteiger partial charge in [-0.2, -0.15) is 13.2 Å². The number of carbonyl (C=O) groups excluding carboxylic acids is 1. The second kappa shape index (κ2) is 7.11. The highest BCUT2D eigenvalue weighted by Gasteiger charge is 2.30. The highest BCUT2D eigenvalue weighted by atomic mass is 19.4. The molecule has 1 aliphatic rings. The van der Waals surface area contributed by atoms with Gasteiger partial charge in [0.2, 0.25) is 5.91 Å². The van der Waals surface area contributed by atoms with E-state index in [4.69, 9.17) is 5.11 Å². The van der Waals surface area contributed by atoms with Gasteiger partial charge in [-0.25, -0.2) is 0 Å². The van der Waals surface area contributed by atoms with E-state index in [0.29, 0.717) is 13.1 Å². The molecule has 4 nitrogen and oxygen atoms in total. The first-order valence-corrected chi connectivity index (χ1v) is 7.19. The van der Waals surface area contributed by atoms with E-state index < -0.39 is 11.7 Å². The van der Waals surface area contributed by atoms with Crippen LogP contribution in [-0.2, 0) is 11.0 Å². The number of carbonyl (C=O) groups is 1. The Morgan fingerprint density at radius 1 is 1.32 bits per heavy atom. The Labute approximate surface area is 126 Å². The maximum Gasteiger partial charge on any atom is 0.416 e. The van der Waals surface area contributed by atoms with Crippen LogP contribution in [0.25, 0.3) is 0 Å². The average molecular weight is 316 g/mol. The minimum Gasteiger partial charge on any atom is -0.396 e. The number of hydrogen-bond donors (Lipinski definition) is 2. The predicted octanol–water partition coefficient (Wildman–Crippen LogP) is 2.35. The number of aliphatic hydroxyl groups is 1. The van der Waals surface area contributed by atoms with Gasteiger partial charge in [0.25, 0.3) is 0 Å². The first-order chi connectivity index (χ1) is 10.4. The molecule has 2 rings (SSSR count). The summed E-state index contributed by atoms with van der Waals surface area (Å²) in [5.41, 5.74) is -0.640. The Morgan fingerprint density at radius 2 is 2.00 bits per heavy atom. The summed E-state index contributed by atoms with van der Waals surface area (Å²) in [5, 5.41) is 11.6. The van der Waals surface area contributed by atoms with Gasteiger partial charge >= 0.3 is 6.18 Å². The molecule has 0 spiro atoms. The summed E-state index contributed by atoms with van der Waals surface area (Å²) in [7, 11) is 0. The van der Waals surface area contributed by atoms with Crippen LogP contribution in [0.15, 0.2) is 24.3 Å². The Hall–Kier alpha value is -1.60. The lowest BCUT2D eigenvalue weighted by atomic mass is 9.98. The molecule has 1 amide bonds. The standard InChI is InChI=1S/C15H19F3N2O2/c16-15(17,18)12-2-1-3-13(8-12)19-14(22)9-20-6-4-11(10-21)5-7-20/h1-3,8,11,21H,4-7,9-10H2,(H,19,22). The molecule has 1 aromatic carbocycles. The van der Waals surface area contributed by atoms with Gasteiger partial charge in [-0.05, 0) is 50.0 Å². The molecular formula is C15H19F3N2O2. The quantitative estimate of drug-likeness (QED) is 0.896. The number of amides is 1. The van der Waals surface area contributed by atoms with Gasteiger partial charge in [0.1, 0.15) is 0 Å². The molecule has 2 N–H and O–H groups in total. The van der Waals surface area contributed by atoms with Crippen LogP contribution in [0.4, 0.5) is 18.9 Å². The number of benzene rings is 1. The van der Waals surface area contributed by atoms with Crippen molar-refractivity contribution in [2.45, 2.75) is 19.0 Å². The van der Waals surface area contributed by atoms with Gasteiger partial charge in [0.15, 0.2) is 0 Å². The third-order valence-corrected chi connectivity index (χ3v) is 3.81. The maximum atomic E-state index is 12.6. The lowest BCUT2D eigenvalue weighted by molar-refractivity contribution is -0.137. The molecule has 1 heterocycles. The zero-order valence-corrected chi connectivity index (χ0v) is 12.1.